The van der Waals surface area contributed by atoms with Crippen molar-refractivity contribution in [2.24, 2.45) is 0 Å². The Morgan fingerprint density at radius 1 is 1.35 bits per heavy atom. The number of sulfonamides is 1. The molecule has 0 radical (unpaired) electrons. The number of halogens is 2. The van der Waals surface area contributed by atoms with E-state index < -0.39 is 32.2 Å². The minimum atomic E-state index is -4.14. The van der Waals surface area contributed by atoms with E-state index in [0.717, 1.165) is 18.5 Å². The van der Waals surface area contributed by atoms with Gasteiger partial charge in [-0.05, 0) is 12.1 Å². The van der Waals surface area contributed by atoms with Crippen LogP contribution in [0.3, 0.4) is 0 Å². The number of rotatable bonds is 5. The van der Waals surface area contributed by atoms with Gasteiger partial charge in [0.2, 0.25) is 16.4 Å². The van der Waals surface area contributed by atoms with Crippen LogP contribution in [-0.4, -0.2) is 25.1 Å². The summed E-state index contributed by atoms with van der Waals surface area (Å²) in [5.74, 6) is -2.04. The fourth-order valence-corrected chi connectivity index (χ4v) is 2.55. The van der Waals surface area contributed by atoms with E-state index in [2.05, 4.69) is 19.4 Å². The first-order chi connectivity index (χ1) is 9.42. The maximum Gasteiger partial charge on any atom is 0.243 e. The van der Waals surface area contributed by atoms with Crippen molar-refractivity contribution < 1.29 is 21.7 Å². The van der Waals surface area contributed by atoms with E-state index in [-0.39, 0.29) is 13.0 Å². The molecule has 7 nitrogen and oxygen atoms in total. The lowest BCUT2D eigenvalue weighted by molar-refractivity contribution is 0.409. The third-order valence-electron chi connectivity index (χ3n) is 2.43. The van der Waals surface area contributed by atoms with Gasteiger partial charge < -0.3 is 10.3 Å². The zero-order valence-corrected chi connectivity index (χ0v) is 10.8. The number of anilines is 1. The van der Waals surface area contributed by atoms with Crippen LogP contribution < -0.4 is 10.5 Å². The summed E-state index contributed by atoms with van der Waals surface area (Å²) in [5.41, 5.74) is 4.27. The topological polar surface area (TPSA) is 111 Å². The Balaban J connectivity index is 2.12. The SMILES string of the molecule is Nc1c(F)ccc(S(=O)(=O)NCCc2ncon2)c1F. The summed E-state index contributed by atoms with van der Waals surface area (Å²) in [6.45, 7) is -0.0708. The number of nitrogen functional groups attached to an aromatic ring is 1. The van der Waals surface area contributed by atoms with Crippen molar-refractivity contribution in [2.75, 3.05) is 12.3 Å². The van der Waals surface area contributed by atoms with Crippen LogP contribution >= 0.6 is 0 Å². The summed E-state index contributed by atoms with van der Waals surface area (Å²) in [5, 5.41) is 3.49. The molecule has 0 aliphatic carbocycles. The molecule has 2 rings (SSSR count). The number of hydrogen-bond donors (Lipinski definition) is 2. The van der Waals surface area contributed by atoms with Gasteiger partial charge >= 0.3 is 0 Å². The minimum Gasteiger partial charge on any atom is -0.394 e. The molecule has 10 heteroatoms. The lowest BCUT2D eigenvalue weighted by atomic mass is 10.3. The number of nitrogens with one attached hydrogen (secondary N) is 1. The maximum atomic E-state index is 13.6. The molecule has 0 aliphatic rings. The van der Waals surface area contributed by atoms with Crippen LogP contribution in [0.15, 0.2) is 27.9 Å². The third-order valence-corrected chi connectivity index (χ3v) is 3.91. The Labute approximate surface area is 112 Å². The van der Waals surface area contributed by atoms with Crippen molar-refractivity contribution in [1.82, 2.24) is 14.9 Å². The molecule has 20 heavy (non-hydrogen) atoms. The molecule has 108 valence electrons. The molecule has 0 saturated heterocycles. The molecular formula is C10H10F2N4O3S. The normalized spacial score (nSPS) is 11.7. The second-order valence-electron chi connectivity index (χ2n) is 3.77. The van der Waals surface area contributed by atoms with Crippen LogP contribution in [0.25, 0.3) is 0 Å². The molecule has 1 aromatic carbocycles. The highest BCUT2D eigenvalue weighted by molar-refractivity contribution is 7.89. The zero-order chi connectivity index (χ0) is 14.8. The van der Waals surface area contributed by atoms with Gasteiger partial charge in [0.15, 0.2) is 11.6 Å². The summed E-state index contributed by atoms with van der Waals surface area (Å²) in [4.78, 5) is 2.98. The van der Waals surface area contributed by atoms with Crippen molar-refractivity contribution >= 4 is 15.7 Å². The molecule has 0 spiro atoms. The predicted molar refractivity (Wildman–Crippen MR) is 64.0 cm³/mol. The van der Waals surface area contributed by atoms with Gasteiger partial charge in [-0.1, -0.05) is 5.16 Å². The lowest BCUT2D eigenvalue weighted by Gasteiger charge is -2.08. The van der Waals surface area contributed by atoms with Gasteiger partial charge in [0, 0.05) is 13.0 Å². The highest BCUT2D eigenvalue weighted by atomic mass is 32.2. The van der Waals surface area contributed by atoms with Gasteiger partial charge in [0.05, 0.1) is 0 Å². The van der Waals surface area contributed by atoms with Gasteiger partial charge in [-0.3, -0.25) is 0 Å². The van der Waals surface area contributed by atoms with E-state index in [1.165, 1.54) is 0 Å². The summed E-state index contributed by atoms with van der Waals surface area (Å²) >= 11 is 0. The van der Waals surface area contributed by atoms with Crippen LogP contribution in [0.2, 0.25) is 0 Å². The van der Waals surface area contributed by atoms with E-state index in [4.69, 9.17) is 5.73 Å². The predicted octanol–water partition coefficient (Wildman–Crippen LogP) is 0.451. The number of aromatic nitrogens is 2. The van der Waals surface area contributed by atoms with Gasteiger partial charge in [-0.25, -0.2) is 21.9 Å². The van der Waals surface area contributed by atoms with Crippen LogP contribution in [0.5, 0.6) is 0 Å². The maximum absolute atomic E-state index is 13.6. The zero-order valence-electron chi connectivity index (χ0n) is 10.0. The summed E-state index contributed by atoms with van der Waals surface area (Å²) in [6.07, 6.45) is 1.26. The van der Waals surface area contributed by atoms with E-state index in [9.17, 15) is 17.2 Å². The lowest BCUT2D eigenvalue weighted by Crippen LogP contribution is -2.27. The summed E-state index contributed by atoms with van der Waals surface area (Å²) in [7, 11) is -4.14. The molecule has 0 aliphatic heterocycles. The molecule has 3 N–H and O–H groups in total. The largest absolute Gasteiger partial charge is 0.394 e. The van der Waals surface area contributed by atoms with Gasteiger partial charge in [0.1, 0.15) is 16.4 Å². The fourth-order valence-electron chi connectivity index (χ4n) is 1.43. The molecule has 2 aromatic rings. The average molecular weight is 304 g/mol. The average Bonchev–Trinajstić information content (AvgIpc) is 2.88. The van der Waals surface area contributed by atoms with Crippen molar-refractivity contribution in [3.05, 3.63) is 36.0 Å². The Bertz CT molecular complexity index is 704. The minimum absolute atomic E-state index is 0.0708. The Morgan fingerprint density at radius 3 is 2.75 bits per heavy atom. The van der Waals surface area contributed by atoms with Crippen LogP contribution in [0.4, 0.5) is 14.5 Å². The molecular weight excluding hydrogens is 294 g/mol. The molecule has 1 aromatic heterocycles. The monoisotopic (exact) mass is 304 g/mol. The summed E-state index contributed by atoms with van der Waals surface area (Å²) < 4.78 is 56.9. The van der Waals surface area contributed by atoms with Gasteiger partial charge in [-0.2, -0.15) is 4.98 Å². The Morgan fingerprint density at radius 2 is 2.10 bits per heavy atom. The third kappa shape index (κ3) is 2.91. The second kappa shape index (κ2) is 5.51. The molecule has 1 heterocycles. The standard InChI is InChI=1S/C10H10F2N4O3S/c11-6-1-2-7(9(12)10(6)13)20(17,18)15-4-3-8-14-5-19-16-8/h1-2,5,15H,3-4,13H2. The van der Waals surface area contributed by atoms with Crippen molar-refractivity contribution in [2.45, 2.75) is 11.3 Å². The van der Waals surface area contributed by atoms with E-state index in [1.54, 1.807) is 0 Å². The fraction of sp³-hybridized carbons (Fsp3) is 0.200. The smallest absolute Gasteiger partial charge is 0.243 e. The van der Waals surface area contributed by atoms with Crippen LogP contribution in [-0.2, 0) is 16.4 Å². The quantitative estimate of drug-likeness (QED) is 0.776. The van der Waals surface area contributed by atoms with Crippen molar-refractivity contribution in [3.8, 4) is 0 Å². The van der Waals surface area contributed by atoms with Gasteiger partial charge in [0.25, 0.3) is 0 Å². The van der Waals surface area contributed by atoms with Crippen LogP contribution in [0.1, 0.15) is 5.82 Å². The van der Waals surface area contributed by atoms with E-state index >= 15 is 0 Å². The second-order valence-corrected chi connectivity index (χ2v) is 5.50. The van der Waals surface area contributed by atoms with Crippen LogP contribution in [0, 0.1) is 11.6 Å². The molecule has 0 bridgehead atoms. The number of hydrogen-bond acceptors (Lipinski definition) is 6. The van der Waals surface area contributed by atoms with Gasteiger partial charge in [-0.15, -0.1) is 0 Å². The van der Waals surface area contributed by atoms with E-state index in [1.807, 2.05) is 0 Å². The first-order valence-electron chi connectivity index (χ1n) is 5.40. The Hall–Kier alpha value is -2.07. The molecule has 0 fully saturated rings. The highest BCUT2D eigenvalue weighted by Gasteiger charge is 2.22. The first-order valence-corrected chi connectivity index (χ1v) is 6.88. The molecule has 0 saturated carbocycles. The molecule has 0 amide bonds. The number of nitrogens with zero attached hydrogens (tertiary/aromatic N) is 2. The molecule has 0 unspecified atom stereocenters. The van der Waals surface area contributed by atoms with E-state index in [0.29, 0.717) is 5.82 Å². The van der Waals surface area contributed by atoms with Crippen molar-refractivity contribution in [1.29, 1.82) is 0 Å². The summed E-state index contributed by atoms with van der Waals surface area (Å²) in [6, 6.07) is 1.59. The highest BCUT2D eigenvalue weighted by Crippen LogP contribution is 2.22. The Kier molecular flexibility index (Phi) is 3.95. The first kappa shape index (κ1) is 14.3. The molecule has 0 atom stereocenters. The number of benzene rings is 1. The van der Waals surface area contributed by atoms with Crippen molar-refractivity contribution in [3.63, 3.8) is 0 Å². The number of nitrogens with two attached hydrogens (primary N) is 1.